The molecule has 1 aliphatic rings. The number of aromatic nitrogens is 1. The lowest BCUT2D eigenvalue weighted by Gasteiger charge is -2.37. The third kappa shape index (κ3) is 5.11. The van der Waals surface area contributed by atoms with Gasteiger partial charge in [-0.25, -0.2) is 4.98 Å². The van der Waals surface area contributed by atoms with Gasteiger partial charge in [0.1, 0.15) is 17.6 Å². The molecule has 1 aliphatic heterocycles. The number of carbonyl (C=O) groups is 2. The molecule has 1 fully saturated rings. The molecule has 0 spiro atoms. The fourth-order valence-electron chi connectivity index (χ4n) is 3.47. The fraction of sp³-hybridized carbons (Fsp3) is 0.409. The zero-order valence-electron chi connectivity index (χ0n) is 17.5. The number of amides is 2. The van der Waals surface area contributed by atoms with Crippen LogP contribution in [0.4, 0.5) is 5.82 Å². The number of carbonyl (C=O) groups excluding carboxylic acids is 2. The average molecular weight is 475 g/mol. The van der Waals surface area contributed by atoms with Crippen LogP contribution in [0.3, 0.4) is 0 Å². The molecule has 30 heavy (non-hydrogen) atoms. The largest absolute Gasteiger partial charge is 0.496 e. The molecule has 3 rings (SSSR count). The highest BCUT2D eigenvalue weighted by Gasteiger charge is 2.31. The Bertz CT molecular complexity index is 880. The number of hydrogen-bond acceptors (Lipinski definition) is 5. The molecule has 1 aromatic heterocycles. The molecule has 2 amide bonds. The summed E-state index contributed by atoms with van der Waals surface area (Å²) in [6, 6.07) is 10.3. The summed E-state index contributed by atoms with van der Waals surface area (Å²) in [5, 5.41) is 2.91. The first-order chi connectivity index (χ1) is 14.4. The van der Waals surface area contributed by atoms with E-state index < -0.39 is 6.04 Å². The summed E-state index contributed by atoms with van der Waals surface area (Å²) >= 11 is 3.40. The van der Waals surface area contributed by atoms with Crippen molar-refractivity contribution in [1.82, 2.24) is 15.2 Å². The van der Waals surface area contributed by atoms with E-state index in [-0.39, 0.29) is 17.7 Å². The van der Waals surface area contributed by atoms with Crippen molar-refractivity contribution < 1.29 is 14.3 Å². The molecule has 160 valence electrons. The molecule has 1 saturated heterocycles. The maximum atomic E-state index is 13.2. The van der Waals surface area contributed by atoms with Crippen molar-refractivity contribution in [3.63, 3.8) is 0 Å². The third-order valence-corrected chi connectivity index (χ3v) is 5.67. The highest BCUT2D eigenvalue weighted by Crippen LogP contribution is 2.20. The standard InChI is InChI=1S/C22H27BrN4O3/c1-15(2)20(25-21(28)17-6-4-5-7-18(17)30-3)22(29)27-12-10-26(11-13-27)19-9-8-16(23)14-24-19/h4-9,14-15,20H,10-13H2,1-3H3,(H,25,28). The summed E-state index contributed by atoms with van der Waals surface area (Å²) in [6.45, 7) is 6.45. The molecule has 0 bridgehead atoms. The molecule has 1 N–H and O–H groups in total. The van der Waals surface area contributed by atoms with Crippen LogP contribution >= 0.6 is 15.9 Å². The number of pyridine rings is 1. The van der Waals surface area contributed by atoms with Gasteiger partial charge in [0, 0.05) is 36.8 Å². The minimum Gasteiger partial charge on any atom is -0.496 e. The minimum atomic E-state index is -0.597. The first-order valence-electron chi connectivity index (χ1n) is 10.00. The van der Waals surface area contributed by atoms with Gasteiger partial charge in [-0.3, -0.25) is 9.59 Å². The zero-order valence-corrected chi connectivity index (χ0v) is 19.1. The number of para-hydroxylation sites is 1. The number of nitrogens with zero attached hydrogens (tertiary/aromatic N) is 3. The van der Waals surface area contributed by atoms with Crippen LogP contribution in [0.1, 0.15) is 24.2 Å². The van der Waals surface area contributed by atoms with Crippen LogP contribution in [0, 0.1) is 5.92 Å². The Kier molecular flexibility index (Phi) is 7.31. The quantitative estimate of drug-likeness (QED) is 0.696. The van der Waals surface area contributed by atoms with Crippen LogP contribution in [0.2, 0.25) is 0 Å². The first-order valence-corrected chi connectivity index (χ1v) is 10.8. The molecule has 7 nitrogen and oxygen atoms in total. The van der Waals surface area contributed by atoms with Crippen molar-refractivity contribution in [3.05, 3.63) is 52.6 Å². The van der Waals surface area contributed by atoms with Crippen LogP contribution in [-0.2, 0) is 4.79 Å². The van der Waals surface area contributed by atoms with Gasteiger partial charge < -0.3 is 19.9 Å². The second-order valence-electron chi connectivity index (χ2n) is 7.54. The van der Waals surface area contributed by atoms with Crippen molar-refractivity contribution in [2.24, 2.45) is 5.92 Å². The number of anilines is 1. The molecule has 1 aromatic carbocycles. The van der Waals surface area contributed by atoms with E-state index in [0.717, 1.165) is 10.3 Å². The Morgan fingerprint density at radius 3 is 2.40 bits per heavy atom. The number of benzene rings is 1. The van der Waals surface area contributed by atoms with Crippen LogP contribution in [0.15, 0.2) is 47.1 Å². The van der Waals surface area contributed by atoms with Crippen molar-refractivity contribution >= 4 is 33.6 Å². The van der Waals surface area contributed by atoms with Gasteiger partial charge in [0.25, 0.3) is 5.91 Å². The molecule has 2 aromatic rings. The summed E-state index contributed by atoms with van der Waals surface area (Å²) in [5.74, 6) is 0.979. The van der Waals surface area contributed by atoms with Gasteiger partial charge in [-0.1, -0.05) is 26.0 Å². The molecule has 1 atom stereocenters. The van der Waals surface area contributed by atoms with Crippen molar-refractivity contribution in [3.8, 4) is 5.75 Å². The molecule has 1 unspecified atom stereocenters. The summed E-state index contributed by atoms with van der Waals surface area (Å²) in [5.41, 5.74) is 0.421. The predicted octanol–water partition coefficient (Wildman–Crippen LogP) is 2.96. The van der Waals surface area contributed by atoms with E-state index in [0.29, 0.717) is 37.5 Å². The van der Waals surface area contributed by atoms with E-state index in [4.69, 9.17) is 4.74 Å². The van der Waals surface area contributed by atoms with E-state index in [2.05, 4.69) is 31.1 Å². The second kappa shape index (κ2) is 9.93. The van der Waals surface area contributed by atoms with E-state index >= 15 is 0 Å². The van der Waals surface area contributed by atoms with E-state index in [1.807, 2.05) is 30.9 Å². The lowest BCUT2D eigenvalue weighted by Crippen LogP contribution is -2.56. The minimum absolute atomic E-state index is 0.0395. The van der Waals surface area contributed by atoms with Crippen molar-refractivity contribution in [2.75, 3.05) is 38.2 Å². The zero-order chi connectivity index (χ0) is 21.7. The normalized spacial score (nSPS) is 15.1. The second-order valence-corrected chi connectivity index (χ2v) is 8.46. The number of methoxy groups -OCH3 is 1. The van der Waals surface area contributed by atoms with Crippen molar-refractivity contribution in [1.29, 1.82) is 0 Å². The van der Waals surface area contributed by atoms with Crippen LogP contribution < -0.4 is 15.0 Å². The highest BCUT2D eigenvalue weighted by atomic mass is 79.9. The molecule has 8 heteroatoms. The number of piperazine rings is 1. The molecule has 0 saturated carbocycles. The maximum absolute atomic E-state index is 13.2. The Hall–Kier alpha value is -2.61. The van der Waals surface area contributed by atoms with Crippen LogP contribution in [0.25, 0.3) is 0 Å². The van der Waals surface area contributed by atoms with E-state index in [1.165, 1.54) is 7.11 Å². The highest BCUT2D eigenvalue weighted by molar-refractivity contribution is 9.10. The summed E-state index contributed by atoms with van der Waals surface area (Å²) in [7, 11) is 1.52. The molecule has 0 aliphatic carbocycles. The lowest BCUT2D eigenvalue weighted by molar-refractivity contribution is -0.134. The van der Waals surface area contributed by atoms with Gasteiger partial charge >= 0.3 is 0 Å². The molecular formula is C22H27BrN4O3. The Labute approximate surface area is 185 Å². The SMILES string of the molecule is COc1ccccc1C(=O)NC(C(=O)N1CCN(c2ccc(Br)cn2)CC1)C(C)C. The van der Waals surface area contributed by atoms with Gasteiger partial charge in [-0.15, -0.1) is 0 Å². The molecule has 2 heterocycles. The van der Waals surface area contributed by atoms with Crippen LogP contribution in [0.5, 0.6) is 5.75 Å². The smallest absolute Gasteiger partial charge is 0.255 e. The van der Waals surface area contributed by atoms with Gasteiger partial charge in [-0.2, -0.15) is 0 Å². The summed E-state index contributed by atoms with van der Waals surface area (Å²) in [6.07, 6.45) is 1.77. The topological polar surface area (TPSA) is 74.8 Å². The number of nitrogens with one attached hydrogen (secondary N) is 1. The molecule has 0 radical (unpaired) electrons. The Morgan fingerprint density at radius 1 is 1.10 bits per heavy atom. The van der Waals surface area contributed by atoms with Gasteiger partial charge in [0.05, 0.1) is 12.7 Å². The fourth-order valence-corrected chi connectivity index (χ4v) is 3.71. The van der Waals surface area contributed by atoms with Gasteiger partial charge in [0.2, 0.25) is 5.91 Å². The average Bonchev–Trinajstić information content (AvgIpc) is 2.77. The third-order valence-electron chi connectivity index (χ3n) is 5.20. The monoisotopic (exact) mass is 474 g/mol. The van der Waals surface area contributed by atoms with Gasteiger partial charge in [0.15, 0.2) is 0 Å². The Morgan fingerprint density at radius 2 is 1.80 bits per heavy atom. The number of ether oxygens (including phenoxy) is 1. The van der Waals surface area contributed by atoms with Gasteiger partial charge in [-0.05, 0) is 46.1 Å². The first kappa shape index (κ1) is 22.1. The Balaban J connectivity index is 1.64. The van der Waals surface area contributed by atoms with Crippen molar-refractivity contribution in [2.45, 2.75) is 19.9 Å². The van der Waals surface area contributed by atoms with E-state index in [1.54, 1.807) is 30.5 Å². The number of halogens is 1. The summed E-state index contributed by atoms with van der Waals surface area (Å²) in [4.78, 5) is 34.4. The number of rotatable bonds is 6. The molecular weight excluding hydrogens is 448 g/mol. The number of hydrogen-bond donors (Lipinski definition) is 1. The van der Waals surface area contributed by atoms with Crippen LogP contribution in [-0.4, -0.2) is 61.0 Å². The predicted molar refractivity (Wildman–Crippen MR) is 120 cm³/mol. The summed E-state index contributed by atoms with van der Waals surface area (Å²) < 4.78 is 6.21. The van der Waals surface area contributed by atoms with E-state index in [9.17, 15) is 9.59 Å². The lowest BCUT2D eigenvalue weighted by atomic mass is 10.0. The maximum Gasteiger partial charge on any atom is 0.255 e.